The Morgan fingerprint density at radius 3 is 2.95 bits per heavy atom. The van der Waals surface area contributed by atoms with Gasteiger partial charge in [0.05, 0.1) is 16.4 Å². The molecule has 0 unspecified atom stereocenters. The summed E-state index contributed by atoms with van der Waals surface area (Å²) in [5, 5.41) is 5.38. The van der Waals surface area contributed by atoms with Gasteiger partial charge in [-0.1, -0.05) is 6.07 Å². The first kappa shape index (κ1) is 12.6. The Kier molecular flexibility index (Phi) is 2.56. The molecule has 0 saturated heterocycles. The third-order valence-electron chi connectivity index (χ3n) is 3.62. The maximum absolute atomic E-state index is 4.57. The van der Waals surface area contributed by atoms with Crippen molar-refractivity contribution in [3.63, 3.8) is 0 Å². The normalized spacial score (nSPS) is 11.4. The van der Waals surface area contributed by atoms with E-state index in [0.717, 1.165) is 39.1 Å². The van der Waals surface area contributed by atoms with Crippen molar-refractivity contribution in [2.24, 2.45) is 12.0 Å². The van der Waals surface area contributed by atoms with E-state index in [0.29, 0.717) is 5.82 Å². The van der Waals surface area contributed by atoms with Crippen LogP contribution in [0.25, 0.3) is 33.3 Å². The lowest BCUT2D eigenvalue weighted by Gasteiger charge is -1.99. The van der Waals surface area contributed by atoms with Gasteiger partial charge in [-0.05, 0) is 25.8 Å². The fourth-order valence-electron chi connectivity index (χ4n) is 2.68. The number of fused-ring (bicyclic) bond motifs is 2. The topological polar surface area (TPSA) is 84.6 Å². The van der Waals surface area contributed by atoms with Crippen LogP contribution in [-0.4, -0.2) is 36.4 Å². The number of benzene rings is 1. The minimum Gasteiger partial charge on any atom is -0.342 e. The quantitative estimate of drug-likeness (QED) is 0.575. The van der Waals surface area contributed by atoms with Crippen LogP contribution in [0.5, 0.6) is 0 Å². The number of aromatic amines is 1. The monoisotopic (exact) mass is 291 g/mol. The maximum Gasteiger partial charge on any atom is 0.166 e. The number of nitrogens with zero attached hydrogens (tertiary/aromatic N) is 6. The van der Waals surface area contributed by atoms with Crippen molar-refractivity contribution in [2.45, 2.75) is 6.92 Å². The zero-order valence-electron chi connectivity index (χ0n) is 12.2. The molecule has 0 atom stereocenters. The van der Waals surface area contributed by atoms with Crippen LogP contribution in [0.3, 0.4) is 0 Å². The Morgan fingerprint density at radius 2 is 2.14 bits per heavy atom. The van der Waals surface area contributed by atoms with E-state index in [1.54, 1.807) is 4.68 Å². The highest BCUT2D eigenvalue weighted by Gasteiger charge is 2.16. The van der Waals surface area contributed by atoms with Crippen LogP contribution < -0.4 is 0 Å². The van der Waals surface area contributed by atoms with Gasteiger partial charge in [-0.25, -0.2) is 24.6 Å². The Labute approximate surface area is 125 Å². The van der Waals surface area contributed by atoms with Gasteiger partial charge >= 0.3 is 0 Å². The average Bonchev–Trinajstić information content (AvgIpc) is 3.06. The highest BCUT2D eigenvalue weighted by molar-refractivity contribution is 5.99. The molecule has 3 heterocycles. The van der Waals surface area contributed by atoms with Crippen molar-refractivity contribution >= 4 is 34.6 Å². The van der Waals surface area contributed by atoms with Gasteiger partial charge in [0.25, 0.3) is 0 Å². The van der Waals surface area contributed by atoms with Crippen LogP contribution in [0.1, 0.15) is 5.82 Å². The molecule has 7 heteroatoms. The van der Waals surface area contributed by atoms with Crippen molar-refractivity contribution in [1.82, 2.24) is 29.7 Å². The summed E-state index contributed by atoms with van der Waals surface area (Å²) in [5.41, 5.74) is 4.38. The van der Waals surface area contributed by atoms with E-state index in [9.17, 15) is 0 Å². The van der Waals surface area contributed by atoms with Crippen LogP contribution >= 0.6 is 0 Å². The van der Waals surface area contributed by atoms with Gasteiger partial charge in [-0.3, -0.25) is 0 Å². The van der Waals surface area contributed by atoms with Crippen molar-refractivity contribution in [1.29, 1.82) is 0 Å². The smallest absolute Gasteiger partial charge is 0.166 e. The number of aliphatic imine (C=N–C) groups is 1. The van der Waals surface area contributed by atoms with E-state index in [4.69, 9.17) is 0 Å². The second-order valence-electron chi connectivity index (χ2n) is 5.08. The molecule has 108 valence electrons. The number of imidazole rings is 1. The summed E-state index contributed by atoms with van der Waals surface area (Å²) in [5.74, 6) is 1.42. The van der Waals surface area contributed by atoms with E-state index in [1.165, 1.54) is 6.33 Å². The molecule has 7 nitrogen and oxygen atoms in total. The molecule has 22 heavy (non-hydrogen) atoms. The maximum atomic E-state index is 4.57. The molecule has 0 aliphatic heterocycles. The molecule has 0 saturated carbocycles. The second kappa shape index (κ2) is 4.45. The first-order chi connectivity index (χ1) is 10.7. The van der Waals surface area contributed by atoms with Crippen LogP contribution in [0.4, 0.5) is 5.82 Å². The Balaban J connectivity index is 2.04. The molecule has 0 radical (unpaired) electrons. The lowest BCUT2D eigenvalue weighted by Crippen LogP contribution is -1.91. The number of aryl methyl sites for hydroxylation is 2. The zero-order chi connectivity index (χ0) is 15.3. The number of rotatable bonds is 2. The van der Waals surface area contributed by atoms with Crippen molar-refractivity contribution < 1.29 is 0 Å². The molecule has 0 amide bonds. The van der Waals surface area contributed by atoms with Crippen LogP contribution in [0.2, 0.25) is 0 Å². The van der Waals surface area contributed by atoms with Gasteiger partial charge in [-0.15, -0.1) is 0 Å². The van der Waals surface area contributed by atoms with Crippen molar-refractivity contribution in [2.75, 3.05) is 0 Å². The van der Waals surface area contributed by atoms with Gasteiger partial charge in [0.1, 0.15) is 17.8 Å². The van der Waals surface area contributed by atoms with E-state index in [1.807, 2.05) is 32.2 Å². The lowest BCUT2D eigenvalue weighted by atomic mass is 10.1. The molecule has 0 spiro atoms. The number of aromatic nitrogens is 6. The summed E-state index contributed by atoms with van der Waals surface area (Å²) < 4.78 is 1.73. The predicted octanol–water partition coefficient (Wildman–Crippen LogP) is 2.55. The van der Waals surface area contributed by atoms with E-state index >= 15 is 0 Å². The van der Waals surface area contributed by atoms with Gasteiger partial charge in [0.15, 0.2) is 11.5 Å². The standard InChI is InChI=1S/C15H13N7/c1-8-19-10-5-4-9(6-11(10)20-8)13-12-14(16-2)17-7-18-15(12)22(3)21-13/h4-7H,2H2,1,3H3,(H,19,20). The van der Waals surface area contributed by atoms with Crippen molar-refractivity contribution in [3.05, 3.63) is 30.4 Å². The average molecular weight is 291 g/mol. The van der Waals surface area contributed by atoms with E-state index < -0.39 is 0 Å². The highest BCUT2D eigenvalue weighted by Crippen LogP contribution is 2.33. The number of hydrogen-bond acceptors (Lipinski definition) is 5. The summed E-state index contributed by atoms with van der Waals surface area (Å²) in [4.78, 5) is 20.1. The molecule has 0 fully saturated rings. The number of H-pyrrole nitrogens is 1. The van der Waals surface area contributed by atoms with Crippen LogP contribution in [0, 0.1) is 6.92 Å². The second-order valence-corrected chi connectivity index (χ2v) is 5.08. The summed E-state index contributed by atoms with van der Waals surface area (Å²) >= 11 is 0. The third kappa shape index (κ3) is 1.72. The van der Waals surface area contributed by atoms with Gasteiger partial charge in [-0.2, -0.15) is 5.10 Å². The molecule has 1 N–H and O–H groups in total. The molecule has 0 aliphatic carbocycles. The largest absolute Gasteiger partial charge is 0.342 e. The number of hydrogen-bond donors (Lipinski definition) is 1. The molecule has 3 aromatic heterocycles. The molecule has 0 bridgehead atoms. The molecular weight excluding hydrogens is 278 g/mol. The van der Waals surface area contributed by atoms with Gasteiger partial charge in [0, 0.05) is 12.6 Å². The summed E-state index contributed by atoms with van der Waals surface area (Å²) in [7, 11) is 1.85. The zero-order valence-corrected chi connectivity index (χ0v) is 12.2. The molecule has 0 aliphatic rings. The third-order valence-corrected chi connectivity index (χ3v) is 3.62. The fraction of sp³-hybridized carbons (Fsp3) is 0.133. The first-order valence-corrected chi connectivity index (χ1v) is 6.78. The van der Waals surface area contributed by atoms with Crippen LogP contribution in [-0.2, 0) is 7.05 Å². The van der Waals surface area contributed by atoms with Crippen molar-refractivity contribution in [3.8, 4) is 11.3 Å². The summed E-state index contributed by atoms with van der Waals surface area (Å²) in [6, 6.07) is 5.99. The summed E-state index contributed by atoms with van der Waals surface area (Å²) in [6.45, 7) is 5.52. The molecule has 1 aromatic carbocycles. The predicted molar refractivity (Wildman–Crippen MR) is 85.3 cm³/mol. The number of nitrogens with one attached hydrogen (secondary N) is 1. The summed E-state index contributed by atoms with van der Waals surface area (Å²) in [6.07, 6.45) is 1.47. The van der Waals surface area contributed by atoms with Crippen LogP contribution in [0.15, 0.2) is 29.5 Å². The SMILES string of the molecule is C=Nc1ncnc2c1c(-c1ccc3nc(C)[nH]c3c1)nn2C. The van der Waals surface area contributed by atoms with E-state index in [2.05, 4.69) is 36.7 Å². The Morgan fingerprint density at radius 1 is 1.27 bits per heavy atom. The Bertz CT molecular complexity index is 1030. The molecule has 4 rings (SSSR count). The molecule has 4 aromatic rings. The highest BCUT2D eigenvalue weighted by atomic mass is 15.3. The minimum absolute atomic E-state index is 0.536. The first-order valence-electron chi connectivity index (χ1n) is 6.78. The van der Waals surface area contributed by atoms with E-state index in [-0.39, 0.29) is 0 Å². The van der Waals surface area contributed by atoms with Gasteiger partial charge in [0.2, 0.25) is 0 Å². The minimum atomic E-state index is 0.536. The lowest BCUT2D eigenvalue weighted by molar-refractivity contribution is 0.788. The van der Waals surface area contributed by atoms with Gasteiger partial charge < -0.3 is 4.98 Å². The Hall–Kier alpha value is -3.09. The molecular formula is C15H13N7. The fourth-order valence-corrected chi connectivity index (χ4v) is 2.68.